The van der Waals surface area contributed by atoms with Crippen LogP contribution in [0.1, 0.15) is 23.6 Å². The third-order valence-electron chi connectivity index (χ3n) is 3.58. The minimum absolute atomic E-state index is 0. The minimum Gasteiger partial charge on any atom is -0.396 e. The fourth-order valence-corrected chi connectivity index (χ4v) is 2.68. The van der Waals surface area contributed by atoms with Crippen LogP contribution in [0.4, 0.5) is 0 Å². The van der Waals surface area contributed by atoms with Crippen molar-refractivity contribution in [1.29, 1.82) is 0 Å². The zero-order chi connectivity index (χ0) is 13.0. The van der Waals surface area contributed by atoms with Crippen molar-refractivity contribution in [3.63, 3.8) is 0 Å². The lowest BCUT2D eigenvalue weighted by Gasteiger charge is -2.35. The fourth-order valence-electron chi connectivity index (χ4n) is 2.49. The predicted molar refractivity (Wildman–Crippen MR) is 82.3 cm³/mol. The quantitative estimate of drug-likeness (QED) is 0.896. The van der Waals surface area contributed by atoms with Gasteiger partial charge in [-0.25, -0.2) is 0 Å². The second-order valence-electron chi connectivity index (χ2n) is 4.82. The summed E-state index contributed by atoms with van der Waals surface area (Å²) in [5, 5.41) is 13.4. The molecule has 108 valence electrons. The highest BCUT2D eigenvalue weighted by Crippen LogP contribution is 2.28. The number of nitrogens with one attached hydrogen (secondary N) is 1. The standard InChI is InChI=1S/C14H21ClN2O.ClH/c1-11-2-3-12(10-13(11)15)14(4-9-18)17-7-5-16-6-8-17;/h2-3,10,14,16,18H,4-9H2,1H3;1H/t14-;/m0./s1. The third kappa shape index (κ3) is 4.33. The van der Waals surface area contributed by atoms with Crippen LogP contribution < -0.4 is 5.32 Å². The van der Waals surface area contributed by atoms with Crippen LogP contribution in [0.3, 0.4) is 0 Å². The van der Waals surface area contributed by atoms with Crippen LogP contribution in [0.5, 0.6) is 0 Å². The summed E-state index contributed by atoms with van der Waals surface area (Å²) in [6.45, 7) is 6.30. The third-order valence-corrected chi connectivity index (χ3v) is 3.98. The van der Waals surface area contributed by atoms with Gasteiger partial charge in [0.25, 0.3) is 0 Å². The van der Waals surface area contributed by atoms with E-state index in [4.69, 9.17) is 11.6 Å². The molecule has 1 aromatic rings. The molecule has 0 aliphatic carbocycles. The zero-order valence-corrected chi connectivity index (χ0v) is 12.8. The molecule has 2 N–H and O–H groups in total. The number of aryl methyl sites for hydroxylation is 1. The molecular weight excluding hydrogens is 283 g/mol. The number of hydrogen-bond acceptors (Lipinski definition) is 3. The first-order chi connectivity index (χ1) is 8.72. The first-order valence-corrected chi connectivity index (χ1v) is 6.92. The zero-order valence-electron chi connectivity index (χ0n) is 11.2. The Labute approximate surface area is 126 Å². The van der Waals surface area contributed by atoms with Crippen LogP contribution in [0.2, 0.25) is 5.02 Å². The lowest BCUT2D eigenvalue weighted by Crippen LogP contribution is -2.45. The molecule has 1 aliphatic heterocycles. The van der Waals surface area contributed by atoms with Crippen LogP contribution in [-0.4, -0.2) is 42.8 Å². The van der Waals surface area contributed by atoms with Crippen LogP contribution in [0.25, 0.3) is 0 Å². The lowest BCUT2D eigenvalue weighted by molar-refractivity contribution is 0.141. The molecule has 1 saturated heterocycles. The van der Waals surface area contributed by atoms with Crippen molar-refractivity contribution in [2.24, 2.45) is 0 Å². The number of rotatable bonds is 4. The number of piperazine rings is 1. The average Bonchev–Trinajstić information content (AvgIpc) is 2.40. The van der Waals surface area contributed by atoms with Crippen LogP contribution in [0.15, 0.2) is 18.2 Å². The van der Waals surface area contributed by atoms with Gasteiger partial charge in [-0.2, -0.15) is 0 Å². The van der Waals surface area contributed by atoms with E-state index in [1.54, 1.807) is 0 Å². The van der Waals surface area contributed by atoms with E-state index in [0.29, 0.717) is 0 Å². The van der Waals surface area contributed by atoms with Gasteiger partial charge >= 0.3 is 0 Å². The van der Waals surface area contributed by atoms with Gasteiger partial charge in [0.15, 0.2) is 0 Å². The number of benzene rings is 1. The Morgan fingerprint density at radius 1 is 1.37 bits per heavy atom. The fraction of sp³-hybridized carbons (Fsp3) is 0.571. The van der Waals surface area contributed by atoms with Gasteiger partial charge in [-0.1, -0.05) is 23.7 Å². The Balaban J connectivity index is 0.00000180. The largest absolute Gasteiger partial charge is 0.396 e. The second kappa shape index (κ2) is 8.08. The van der Waals surface area contributed by atoms with Crippen LogP contribution in [0, 0.1) is 6.92 Å². The SMILES string of the molecule is Cc1ccc([C@H](CCO)N2CCNCC2)cc1Cl.Cl. The highest BCUT2D eigenvalue weighted by molar-refractivity contribution is 6.31. The molecule has 0 radical (unpaired) electrons. The Kier molecular flexibility index (Phi) is 7.11. The van der Waals surface area contributed by atoms with Crippen LogP contribution in [-0.2, 0) is 0 Å². The van der Waals surface area contributed by atoms with E-state index in [9.17, 15) is 5.11 Å². The highest BCUT2D eigenvalue weighted by Gasteiger charge is 2.21. The van der Waals surface area contributed by atoms with Crippen molar-refractivity contribution in [2.75, 3.05) is 32.8 Å². The predicted octanol–water partition coefficient (Wildman–Crippen LogP) is 2.40. The van der Waals surface area contributed by atoms with E-state index in [-0.39, 0.29) is 25.1 Å². The molecule has 1 heterocycles. The highest BCUT2D eigenvalue weighted by atomic mass is 35.5. The molecule has 0 amide bonds. The molecule has 0 bridgehead atoms. The molecule has 1 atom stereocenters. The van der Waals surface area contributed by atoms with E-state index >= 15 is 0 Å². The normalized spacial score (nSPS) is 17.8. The van der Waals surface area contributed by atoms with E-state index in [1.807, 2.05) is 13.0 Å². The van der Waals surface area contributed by atoms with Crippen LogP contribution >= 0.6 is 24.0 Å². The number of halogens is 2. The van der Waals surface area contributed by atoms with Gasteiger partial charge < -0.3 is 10.4 Å². The Morgan fingerprint density at radius 2 is 2.05 bits per heavy atom. The summed E-state index contributed by atoms with van der Waals surface area (Å²) in [7, 11) is 0. The molecule has 19 heavy (non-hydrogen) atoms. The van der Waals surface area contributed by atoms with E-state index in [2.05, 4.69) is 22.3 Å². The summed E-state index contributed by atoms with van der Waals surface area (Å²) in [5.74, 6) is 0. The van der Waals surface area contributed by atoms with E-state index < -0.39 is 0 Å². The number of aliphatic hydroxyl groups excluding tert-OH is 1. The molecular formula is C14H22Cl2N2O. The lowest BCUT2D eigenvalue weighted by atomic mass is 10.0. The Hall–Kier alpha value is -0.320. The van der Waals surface area contributed by atoms with Gasteiger partial charge in [0.1, 0.15) is 0 Å². The van der Waals surface area contributed by atoms with E-state index in [1.165, 1.54) is 5.56 Å². The molecule has 2 rings (SSSR count). The molecule has 0 saturated carbocycles. The summed E-state index contributed by atoms with van der Waals surface area (Å²) in [6, 6.07) is 6.50. The maximum atomic E-state index is 9.28. The first-order valence-electron chi connectivity index (χ1n) is 6.54. The first kappa shape index (κ1) is 16.7. The Bertz CT molecular complexity index is 395. The van der Waals surface area contributed by atoms with Gasteiger partial charge in [0, 0.05) is 43.9 Å². The van der Waals surface area contributed by atoms with Crippen molar-refractivity contribution >= 4 is 24.0 Å². The summed E-state index contributed by atoms with van der Waals surface area (Å²) < 4.78 is 0. The van der Waals surface area contributed by atoms with Crippen molar-refractivity contribution in [3.05, 3.63) is 34.3 Å². The molecule has 0 aromatic heterocycles. The summed E-state index contributed by atoms with van der Waals surface area (Å²) >= 11 is 6.20. The Morgan fingerprint density at radius 3 is 2.63 bits per heavy atom. The number of hydrogen-bond donors (Lipinski definition) is 2. The molecule has 1 aliphatic rings. The molecule has 0 spiro atoms. The summed E-state index contributed by atoms with van der Waals surface area (Å²) in [4.78, 5) is 2.42. The van der Waals surface area contributed by atoms with Crippen molar-refractivity contribution < 1.29 is 5.11 Å². The average molecular weight is 305 g/mol. The van der Waals surface area contributed by atoms with Gasteiger partial charge in [0.2, 0.25) is 0 Å². The van der Waals surface area contributed by atoms with Crippen molar-refractivity contribution in [2.45, 2.75) is 19.4 Å². The summed E-state index contributed by atoms with van der Waals surface area (Å²) in [6.07, 6.45) is 0.763. The molecule has 1 aromatic carbocycles. The smallest absolute Gasteiger partial charge is 0.0449 e. The molecule has 3 nitrogen and oxygen atoms in total. The molecule has 1 fully saturated rings. The maximum absolute atomic E-state index is 9.28. The van der Waals surface area contributed by atoms with Crippen molar-refractivity contribution in [3.8, 4) is 0 Å². The maximum Gasteiger partial charge on any atom is 0.0449 e. The topological polar surface area (TPSA) is 35.5 Å². The van der Waals surface area contributed by atoms with Gasteiger partial charge in [-0.3, -0.25) is 4.90 Å². The monoisotopic (exact) mass is 304 g/mol. The van der Waals surface area contributed by atoms with Crippen molar-refractivity contribution in [1.82, 2.24) is 10.2 Å². The number of nitrogens with zero attached hydrogens (tertiary/aromatic N) is 1. The van der Waals surface area contributed by atoms with E-state index in [0.717, 1.165) is 43.2 Å². The second-order valence-corrected chi connectivity index (χ2v) is 5.23. The molecule has 5 heteroatoms. The minimum atomic E-state index is 0. The number of aliphatic hydroxyl groups is 1. The van der Waals surface area contributed by atoms with Gasteiger partial charge in [-0.15, -0.1) is 12.4 Å². The molecule has 0 unspecified atom stereocenters. The summed E-state index contributed by atoms with van der Waals surface area (Å²) in [5.41, 5.74) is 2.31. The van der Waals surface area contributed by atoms with Gasteiger partial charge in [-0.05, 0) is 30.5 Å². The van der Waals surface area contributed by atoms with Gasteiger partial charge in [0.05, 0.1) is 0 Å².